The van der Waals surface area contributed by atoms with E-state index in [0.717, 1.165) is 4.31 Å². The molecule has 0 radical (unpaired) electrons. The number of halogens is 2. The number of nitrogens with one attached hydrogen (secondary N) is 1. The number of anilines is 1. The highest BCUT2D eigenvalue weighted by molar-refractivity contribution is 7.92. The molecule has 0 saturated carbocycles. The molecule has 1 atom stereocenters. The number of nitrogens with zero attached hydrogens (tertiary/aromatic N) is 2. The van der Waals surface area contributed by atoms with Crippen molar-refractivity contribution in [2.75, 3.05) is 25.1 Å². The van der Waals surface area contributed by atoms with Gasteiger partial charge in [0.1, 0.15) is 24.1 Å². The van der Waals surface area contributed by atoms with E-state index >= 15 is 0 Å². The molecule has 12 heteroatoms. The van der Waals surface area contributed by atoms with Crippen LogP contribution in [0.1, 0.15) is 26.3 Å². The predicted molar refractivity (Wildman–Crippen MR) is 160 cm³/mol. The summed E-state index contributed by atoms with van der Waals surface area (Å²) in [6, 6.07) is 16.1. The van der Waals surface area contributed by atoms with Crippen molar-refractivity contribution in [1.82, 2.24) is 10.2 Å². The molecule has 1 unspecified atom stereocenters. The van der Waals surface area contributed by atoms with Crippen LogP contribution in [0.15, 0.2) is 71.6 Å². The first-order valence-corrected chi connectivity index (χ1v) is 14.9. The van der Waals surface area contributed by atoms with Gasteiger partial charge in [0.25, 0.3) is 10.0 Å². The average Bonchev–Trinajstić information content (AvgIpc) is 2.95. The second-order valence-electron chi connectivity index (χ2n) is 9.47. The van der Waals surface area contributed by atoms with Crippen molar-refractivity contribution in [2.45, 2.75) is 44.3 Å². The Kier molecular flexibility index (Phi) is 10.9. The minimum Gasteiger partial charge on any atom is -0.497 e. The smallest absolute Gasteiger partial charge is 0.264 e. The van der Waals surface area contributed by atoms with Gasteiger partial charge in [0.05, 0.1) is 34.8 Å². The van der Waals surface area contributed by atoms with E-state index in [1.807, 2.05) is 0 Å². The Balaban J connectivity index is 2.12. The van der Waals surface area contributed by atoms with Gasteiger partial charge in [0.15, 0.2) is 0 Å². The monoisotopic (exact) mass is 621 g/mol. The number of rotatable bonds is 12. The second-order valence-corrected chi connectivity index (χ2v) is 12.1. The van der Waals surface area contributed by atoms with Gasteiger partial charge in [0.2, 0.25) is 11.8 Å². The molecule has 0 heterocycles. The predicted octanol–water partition coefficient (Wildman–Crippen LogP) is 5.15. The van der Waals surface area contributed by atoms with E-state index in [9.17, 15) is 18.0 Å². The Morgan fingerprint density at radius 3 is 2.17 bits per heavy atom. The van der Waals surface area contributed by atoms with Crippen LogP contribution in [0.25, 0.3) is 0 Å². The first-order valence-electron chi connectivity index (χ1n) is 12.7. The first-order chi connectivity index (χ1) is 19.4. The van der Waals surface area contributed by atoms with Crippen molar-refractivity contribution in [1.29, 1.82) is 0 Å². The summed E-state index contributed by atoms with van der Waals surface area (Å²) < 4.78 is 39.8. The molecule has 41 heavy (non-hydrogen) atoms. The maximum atomic E-state index is 14.1. The molecular formula is C29H33Cl2N3O6S. The van der Waals surface area contributed by atoms with Crippen molar-refractivity contribution < 1.29 is 27.5 Å². The number of hydrogen-bond acceptors (Lipinski definition) is 6. The summed E-state index contributed by atoms with van der Waals surface area (Å²) in [6.07, 6.45) is 0. The quantitative estimate of drug-likeness (QED) is 0.300. The molecule has 0 aromatic heterocycles. The fraction of sp³-hybridized carbons (Fsp3) is 0.310. The topological polar surface area (TPSA) is 105 Å². The minimum atomic E-state index is -4.28. The van der Waals surface area contributed by atoms with E-state index in [1.165, 1.54) is 37.3 Å². The van der Waals surface area contributed by atoms with Crippen molar-refractivity contribution in [3.05, 3.63) is 82.3 Å². The lowest BCUT2D eigenvalue weighted by molar-refractivity contribution is -0.139. The number of carbonyl (C=O) groups is 2. The summed E-state index contributed by atoms with van der Waals surface area (Å²) in [5.41, 5.74) is 0.700. The molecule has 0 aliphatic rings. The Morgan fingerprint density at radius 2 is 1.59 bits per heavy atom. The molecule has 0 aliphatic carbocycles. The fourth-order valence-electron chi connectivity index (χ4n) is 4.05. The Bertz CT molecular complexity index is 1490. The summed E-state index contributed by atoms with van der Waals surface area (Å²) in [6.45, 7) is 4.52. The third-order valence-electron chi connectivity index (χ3n) is 6.20. The highest BCUT2D eigenvalue weighted by atomic mass is 35.5. The molecule has 3 aromatic carbocycles. The van der Waals surface area contributed by atoms with E-state index in [0.29, 0.717) is 16.3 Å². The molecule has 0 saturated heterocycles. The molecule has 3 rings (SSSR count). The number of ether oxygens (including phenoxy) is 2. The standard InChI is InChI=1S/C29H33Cl2N3O6S/c1-19(2)32-29(36)20(3)33(17-21-11-13-24(30)25(31)15-21)28(35)18-34(41(37,38)23-9-7-6-8-10-23)26-16-22(39-4)12-14-27(26)40-5/h6-16,19-20H,17-18H2,1-5H3,(H,32,36). The van der Waals surface area contributed by atoms with E-state index in [1.54, 1.807) is 69.3 Å². The van der Waals surface area contributed by atoms with Gasteiger partial charge in [-0.1, -0.05) is 47.5 Å². The van der Waals surface area contributed by atoms with Crippen LogP contribution in [0.2, 0.25) is 10.0 Å². The van der Waals surface area contributed by atoms with E-state index in [4.69, 9.17) is 32.7 Å². The van der Waals surface area contributed by atoms with E-state index in [2.05, 4.69) is 5.32 Å². The van der Waals surface area contributed by atoms with Gasteiger partial charge in [-0.25, -0.2) is 8.42 Å². The number of methoxy groups -OCH3 is 2. The maximum absolute atomic E-state index is 14.1. The lowest BCUT2D eigenvalue weighted by Crippen LogP contribution is -2.52. The zero-order chi connectivity index (χ0) is 30.3. The minimum absolute atomic E-state index is 0.0284. The largest absolute Gasteiger partial charge is 0.497 e. The number of amides is 2. The summed E-state index contributed by atoms with van der Waals surface area (Å²) in [5, 5.41) is 3.43. The summed E-state index contributed by atoms with van der Waals surface area (Å²) in [4.78, 5) is 28.4. The molecular weight excluding hydrogens is 589 g/mol. The highest BCUT2D eigenvalue weighted by Crippen LogP contribution is 2.36. The second kappa shape index (κ2) is 13.9. The summed E-state index contributed by atoms with van der Waals surface area (Å²) in [7, 11) is -1.44. The van der Waals surface area contributed by atoms with Gasteiger partial charge in [0, 0.05) is 18.7 Å². The van der Waals surface area contributed by atoms with Gasteiger partial charge in [-0.15, -0.1) is 0 Å². The normalized spacial score (nSPS) is 12.0. The van der Waals surface area contributed by atoms with E-state index in [-0.39, 0.29) is 33.9 Å². The molecule has 0 bridgehead atoms. The Morgan fingerprint density at radius 1 is 0.902 bits per heavy atom. The fourth-order valence-corrected chi connectivity index (χ4v) is 5.81. The zero-order valence-corrected chi connectivity index (χ0v) is 25.8. The third kappa shape index (κ3) is 7.84. The maximum Gasteiger partial charge on any atom is 0.264 e. The number of carbonyl (C=O) groups excluding carboxylic acids is 2. The highest BCUT2D eigenvalue weighted by Gasteiger charge is 2.34. The van der Waals surface area contributed by atoms with Crippen LogP contribution in [-0.4, -0.2) is 58.0 Å². The van der Waals surface area contributed by atoms with Gasteiger partial charge >= 0.3 is 0 Å². The van der Waals surface area contributed by atoms with Gasteiger partial charge in [-0.2, -0.15) is 0 Å². The lowest BCUT2D eigenvalue weighted by Gasteiger charge is -2.32. The molecule has 0 aliphatic heterocycles. The number of benzene rings is 3. The van der Waals surface area contributed by atoms with Crippen LogP contribution < -0.4 is 19.1 Å². The molecule has 220 valence electrons. The lowest BCUT2D eigenvalue weighted by atomic mass is 10.1. The van der Waals surface area contributed by atoms with Crippen molar-refractivity contribution >= 4 is 50.7 Å². The van der Waals surface area contributed by atoms with Gasteiger partial charge in [-0.3, -0.25) is 13.9 Å². The van der Waals surface area contributed by atoms with E-state index < -0.39 is 34.4 Å². The third-order valence-corrected chi connectivity index (χ3v) is 8.71. The van der Waals surface area contributed by atoms with Crippen molar-refractivity contribution in [2.24, 2.45) is 0 Å². The zero-order valence-electron chi connectivity index (χ0n) is 23.4. The van der Waals surface area contributed by atoms with Crippen molar-refractivity contribution in [3.8, 4) is 11.5 Å². The van der Waals surface area contributed by atoms with Gasteiger partial charge in [-0.05, 0) is 62.7 Å². The summed E-state index contributed by atoms with van der Waals surface area (Å²) >= 11 is 12.3. The Hall–Kier alpha value is -3.47. The van der Waals surface area contributed by atoms with Gasteiger partial charge < -0.3 is 19.7 Å². The first kappa shape index (κ1) is 32.0. The van der Waals surface area contributed by atoms with Crippen LogP contribution in [0, 0.1) is 0 Å². The van der Waals surface area contributed by atoms with Crippen molar-refractivity contribution in [3.63, 3.8) is 0 Å². The SMILES string of the molecule is COc1ccc(OC)c(N(CC(=O)N(Cc2ccc(Cl)c(Cl)c2)C(C)C(=O)NC(C)C)S(=O)(=O)c2ccccc2)c1. The van der Waals surface area contributed by atoms with Crippen LogP contribution in [-0.2, 0) is 26.2 Å². The molecule has 2 amide bonds. The van der Waals surface area contributed by atoms with Crippen LogP contribution in [0.3, 0.4) is 0 Å². The molecule has 0 fully saturated rings. The Labute approximate surface area is 251 Å². The molecule has 1 N–H and O–H groups in total. The summed E-state index contributed by atoms with van der Waals surface area (Å²) in [5.74, 6) is -0.463. The van der Waals surface area contributed by atoms with Crippen LogP contribution in [0.5, 0.6) is 11.5 Å². The average molecular weight is 623 g/mol. The van der Waals surface area contributed by atoms with Crippen LogP contribution in [0.4, 0.5) is 5.69 Å². The van der Waals surface area contributed by atoms with Crippen LogP contribution >= 0.6 is 23.2 Å². The molecule has 9 nitrogen and oxygen atoms in total. The molecule has 0 spiro atoms. The molecule has 3 aromatic rings. The number of hydrogen-bond donors (Lipinski definition) is 1. The number of sulfonamides is 1.